The van der Waals surface area contributed by atoms with Crippen molar-refractivity contribution in [3.63, 3.8) is 0 Å². The smallest absolute Gasteiger partial charge is 0.271 e. The number of anilines is 1. The fourth-order valence-corrected chi connectivity index (χ4v) is 4.45. The second kappa shape index (κ2) is 5.58. The Kier molecular flexibility index (Phi) is 3.76. The third-order valence-corrected chi connectivity index (χ3v) is 6.09. The molecule has 0 spiro atoms. The quantitative estimate of drug-likeness (QED) is 0.766. The molecule has 2 N–H and O–H groups in total. The molecule has 0 radical (unpaired) electrons. The van der Waals surface area contributed by atoms with E-state index in [-0.39, 0.29) is 0 Å². The highest BCUT2D eigenvalue weighted by Crippen LogP contribution is 2.25. The molecule has 0 saturated heterocycles. The number of rotatable bonds is 4. The Hall–Kier alpha value is -2.12. The first-order chi connectivity index (χ1) is 10.5. The maximum Gasteiger partial charge on any atom is 0.271 e. The number of aromatic nitrogens is 2. The highest BCUT2D eigenvalue weighted by atomic mass is 32.2. The van der Waals surface area contributed by atoms with E-state index in [0.717, 1.165) is 21.8 Å². The van der Waals surface area contributed by atoms with Gasteiger partial charge in [0.2, 0.25) is 0 Å². The monoisotopic (exact) mass is 333 g/mol. The maximum atomic E-state index is 12.3. The zero-order valence-corrected chi connectivity index (χ0v) is 13.8. The predicted octanol–water partition coefficient (Wildman–Crippen LogP) is 3.56. The van der Waals surface area contributed by atoms with Gasteiger partial charge in [-0.15, -0.1) is 11.3 Å². The van der Waals surface area contributed by atoms with Crippen LogP contribution in [0, 0.1) is 13.8 Å². The first kappa shape index (κ1) is 14.8. The number of aryl methyl sites for hydroxylation is 2. The summed E-state index contributed by atoms with van der Waals surface area (Å²) in [6.07, 6.45) is 1.64. The van der Waals surface area contributed by atoms with E-state index in [1.165, 1.54) is 11.3 Å². The van der Waals surface area contributed by atoms with E-state index in [1.807, 2.05) is 26.0 Å². The Labute approximate surface area is 133 Å². The molecular weight excluding hydrogens is 318 g/mol. The van der Waals surface area contributed by atoms with Gasteiger partial charge in [0, 0.05) is 21.8 Å². The Morgan fingerprint density at radius 3 is 2.36 bits per heavy atom. The Morgan fingerprint density at radius 2 is 1.82 bits per heavy atom. The molecule has 3 rings (SSSR count). The van der Waals surface area contributed by atoms with Gasteiger partial charge >= 0.3 is 0 Å². The number of aromatic amines is 1. The van der Waals surface area contributed by atoms with E-state index < -0.39 is 10.0 Å². The SMILES string of the molecule is Cc1ccc(S(=O)(=O)Nc2ccc(-c3nc[nH]c3C)cc2)s1. The molecule has 0 amide bonds. The van der Waals surface area contributed by atoms with Gasteiger partial charge in [-0.05, 0) is 38.1 Å². The number of benzene rings is 1. The van der Waals surface area contributed by atoms with Crippen LogP contribution in [0.5, 0.6) is 0 Å². The third kappa shape index (κ3) is 2.90. The molecule has 5 nitrogen and oxygen atoms in total. The first-order valence-electron chi connectivity index (χ1n) is 6.65. The van der Waals surface area contributed by atoms with Gasteiger partial charge in [-0.3, -0.25) is 4.72 Å². The molecule has 22 heavy (non-hydrogen) atoms. The van der Waals surface area contributed by atoms with Crippen LogP contribution >= 0.6 is 11.3 Å². The predicted molar refractivity (Wildman–Crippen MR) is 88.6 cm³/mol. The van der Waals surface area contributed by atoms with Crippen LogP contribution in [0.2, 0.25) is 0 Å². The molecule has 0 aliphatic heterocycles. The van der Waals surface area contributed by atoms with Crippen molar-refractivity contribution in [1.29, 1.82) is 0 Å². The van der Waals surface area contributed by atoms with Crippen LogP contribution in [0.15, 0.2) is 46.9 Å². The van der Waals surface area contributed by atoms with E-state index in [1.54, 1.807) is 30.6 Å². The highest BCUT2D eigenvalue weighted by molar-refractivity contribution is 7.94. The van der Waals surface area contributed by atoms with Crippen molar-refractivity contribution in [2.24, 2.45) is 0 Å². The number of imidazole rings is 1. The summed E-state index contributed by atoms with van der Waals surface area (Å²) >= 11 is 1.25. The van der Waals surface area contributed by atoms with Crippen LogP contribution in [0.1, 0.15) is 10.6 Å². The first-order valence-corrected chi connectivity index (χ1v) is 8.95. The number of thiophene rings is 1. The largest absolute Gasteiger partial charge is 0.348 e. The van der Waals surface area contributed by atoms with Gasteiger partial charge in [-0.25, -0.2) is 13.4 Å². The van der Waals surface area contributed by atoms with Gasteiger partial charge in [0.25, 0.3) is 10.0 Å². The van der Waals surface area contributed by atoms with Gasteiger partial charge in [-0.2, -0.15) is 0 Å². The molecule has 2 heterocycles. The van der Waals surface area contributed by atoms with Crippen LogP contribution in [0.3, 0.4) is 0 Å². The summed E-state index contributed by atoms with van der Waals surface area (Å²) in [6, 6.07) is 10.6. The van der Waals surface area contributed by atoms with Gasteiger partial charge in [-0.1, -0.05) is 12.1 Å². The van der Waals surface area contributed by atoms with Crippen LogP contribution in [0.25, 0.3) is 11.3 Å². The highest BCUT2D eigenvalue weighted by Gasteiger charge is 2.16. The topological polar surface area (TPSA) is 74.8 Å². The van der Waals surface area contributed by atoms with Crippen LogP contribution in [-0.2, 0) is 10.0 Å². The number of sulfonamides is 1. The summed E-state index contributed by atoms with van der Waals surface area (Å²) in [6.45, 7) is 3.82. The van der Waals surface area contributed by atoms with Gasteiger partial charge in [0.05, 0.1) is 12.0 Å². The van der Waals surface area contributed by atoms with Crippen LogP contribution in [-0.4, -0.2) is 18.4 Å². The number of hydrogen-bond acceptors (Lipinski definition) is 4. The lowest BCUT2D eigenvalue weighted by molar-refractivity contribution is 0.603. The molecule has 0 aliphatic rings. The molecule has 3 aromatic rings. The maximum absolute atomic E-state index is 12.3. The fraction of sp³-hybridized carbons (Fsp3) is 0.133. The van der Waals surface area contributed by atoms with E-state index in [2.05, 4.69) is 14.7 Å². The minimum absolute atomic E-state index is 0.317. The second-order valence-corrected chi connectivity index (χ2v) is 8.12. The van der Waals surface area contributed by atoms with Crippen molar-refractivity contribution >= 4 is 27.0 Å². The van der Waals surface area contributed by atoms with Crippen molar-refractivity contribution in [3.8, 4) is 11.3 Å². The lowest BCUT2D eigenvalue weighted by Crippen LogP contribution is -2.11. The zero-order valence-electron chi connectivity index (χ0n) is 12.1. The van der Waals surface area contributed by atoms with E-state index in [9.17, 15) is 8.42 Å². The molecule has 7 heteroatoms. The van der Waals surface area contributed by atoms with Gasteiger partial charge in [0.1, 0.15) is 4.21 Å². The lowest BCUT2D eigenvalue weighted by Gasteiger charge is -2.07. The minimum atomic E-state index is -3.52. The number of hydrogen-bond donors (Lipinski definition) is 2. The number of nitrogens with zero attached hydrogens (tertiary/aromatic N) is 1. The molecule has 0 saturated carbocycles. The van der Waals surface area contributed by atoms with Crippen LogP contribution < -0.4 is 4.72 Å². The molecule has 0 atom stereocenters. The lowest BCUT2D eigenvalue weighted by atomic mass is 10.1. The zero-order chi connectivity index (χ0) is 15.7. The van der Waals surface area contributed by atoms with Crippen molar-refractivity contribution in [1.82, 2.24) is 9.97 Å². The molecule has 0 unspecified atom stereocenters. The summed E-state index contributed by atoms with van der Waals surface area (Å²) < 4.78 is 27.4. The molecular formula is C15H15N3O2S2. The third-order valence-electron chi connectivity index (χ3n) is 3.22. The minimum Gasteiger partial charge on any atom is -0.348 e. The number of H-pyrrole nitrogens is 1. The fourth-order valence-electron chi connectivity index (χ4n) is 2.11. The van der Waals surface area contributed by atoms with E-state index in [4.69, 9.17) is 0 Å². The van der Waals surface area contributed by atoms with Crippen molar-refractivity contribution in [3.05, 3.63) is 53.3 Å². The molecule has 114 valence electrons. The molecule has 0 bridgehead atoms. The second-order valence-electron chi connectivity index (χ2n) is 4.92. The van der Waals surface area contributed by atoms with Gasteiger partial charge in [0.15, 0.2) is 0 Å². The standard InChI is InChI=1S/C15H15N3O2S2/c1-10-3-8-14(21-10)22(19,20)18-13-6-4-12(5-7-13)15-11(2)16-9-17-15/h3-9,18H,1-2H3,(H,16,17). The average molecular weight is 333 g/mol. The summed E-state index contributed by atoms with van der Waals surface area (Å²) in [5, 5.41) is 0. The Morgan fingerprint density at radius 1 is 1.09 bits per heavy atom. The molecule has 1 aromatic carbocycles. The average Bonchev–Trinajstić information content (AvgIpc) is 3.08. The van der Waals surface area contributed by atoms with E-state index in [0.29, 0.717) is 9.90 Å². The molecule has 0 aliphatic carbocycles. The van der Waals surface area contributed by atoms with Crippen molar-refractivity contribution in [2.75, 3.05) is 4.72 Å². The normalized spacial score (nSPS) is 11.5. The van der Waals surface area contributed by atoms with Crippen LogP contribution in [0.4, 0.5) is 5.69 Å². The Balaban J connectivity index is 1.84. The summed E-state index contributed by atoms with van der Waals surface area (Å²) in [4.78, 5) is 8.23. The molecule has 2 aromatic heterocycles. The Bertz CT molecular complexity index is 893. The van der Waals surface area contributed by atoms with Crippen molar-refractivity contribution < 1.29 is 8.42 Å². The van der Waals surface area contributed by atoms with Crippen molar-refractivity contribution in [2.45, 2.75) is 18.1 Å². The van der Waals surface area contributed by atoms with Gasteiger partial charge < -0.3 is 4.98 Å². The van der Waals surface area contributed by atoms with E-state index >= 15 is 0 Å². The summed E-state index contributed by atoms with van der Waals surface area (Å²) in [5.74, 6) is 0. The number of nitrogens with one attached hydrogen (secondary N) is 2. The summed E-state index contributed by atoms with van der Waals surface area (Å²) in [7, 11) is -3.52. The summed E-state index contributed by atoms with van der Waals surface area (Å²) in [5.41, 5.74) is 3.31. The molecule has 0 fully saturated rings.